The van der Waals surface area contributed by atoms with Crippen LogP contribution in [0.15, 0.2) is 42.7 Å². The van der Waals surface area contributed by atoms with Crippen molar-refractivity contribution in [2.45, 2.75) is 32.4 Å². The summed E-state index contributed by atoms with van der Waals surface area (Å²) in [5.74, 6) is 1.07. The van der Waals surface area contributed by atoms with Gasteiger partial charge in [0.05, 0.1) is 11.3 Å². The Kier molecular flexibility index (Phi) is 5.34. The van der Waals surface area contributed by atoms with Crippen molar-refractivity contribution < 1.29 is 4.79 Å². The largest absolute Gasteiger partial charge is 0.357 e. The van der Waals surface area contributed by atoms with Crippen molar-refractivity contribution in [2.75, 3.05) is 37.6 Å². The van der Waals surface area contributed by atoms with Crippen molar-refractivity contribution in [3.63, 3.8) is 0 Å². The van der Waals surface area contributed by atoms with Gasteiger partial charge in [0.1, 0.15) is 5.82 Å². The Morgan fingerprint density at radius 2 is 1.93 bits per heavy atom. The number of piperazine rings is 1. The van der Waals surface area contributed by atoms with E-state index >= 15 is 0 Å². The molecule has 2 aromatic heterocycles. The van der Waals surface area contributed by atoms with Gasteiger partial charge in [-0.25, -0.2) is 4.98 Å². The average Bonchev–Trinajstić information content (AvgIpc) is 3.23. The molecule has 2 aliphatic rings. The van der Waals surface area contributed by atoms with E-state index in [0.717, 1.165) is 50.8 Å². The molecule has 0 spiro atoms. The van der Waals surface area contributed by atoms with E-state index in [-0.39, 0.29) is 11.9 Å². The average molecular weight is 365 g/mol. The highest BCUT2D eigenvalue weighted by molar-refractivity contribution is 5.94. The number of carbonyl (C=O) groups excluding carboxylic acids is 1. The summed E-state index contributed by atoms with van der Waals surface area (Å²) in [6.45, 7) is 7.55. The number of hydrogen-bond donors (Lipinski definition) is 0. The van der Waals surface area contributed by atoms with Crippen LogP contribution in [-0.4, -0.2) is 64.4 Å². The summed E-state index contributed by atoms with van der Waals surface area (Å²) in [7, 11) is 0. The van der Waals surface area contributed by atoms with Gasteiger partial charge in [-0.05, 0) is 44.0 Å². The second-order valence-corrected chi connectivity index (χ2v) is 7.50. The van der Waals surface area contributed by atoms with Crippen LogP contribution in [0.3, 0.4) is 0 Å². The van der Waals surface area contributed by atoms with Gasteiger partial charge in [0.25, 0.3) is 5.91 Å². The van der Waals surface area contributed by atoms with Crippen molar-refractivity contribution in [2.24, 2.45) is 0 Å². The predicted octanol–water partition coefficient (Wildman–Crippen LogP) is 2.42. The molecule has 2 aliphatic heterocycles. The van der Waals surface area contributed by atoms with Crippen LogP contribution < -0.4 is 4.90 Å². The van der Waals surface area contributed by atoms with Gasteiger partial charge in [0.2, 0.25) is 0 Å². The van der Waals surface area contributed by atoms with Gasteiger partial charge < -0.3 is 9.80 Å². The maximum atomic E-state index is 12.9. The molecule has 4 heterocycles. The number of aromatic nitrogens is 2. The Labute approximate surface area is 160 Å². The molecular weight excluding hydrogens is 338 g/mol. The summed E-state index contributed by atoms with van der Waals surface area (Å²) < 4.78 is 0. The fraction of sp³-hybridized carbons (Fsp3) is 0.476. The second-order valence-electron chi connectivity index (χ2n) is 7.50. The summed E-state index contributed by atoms with van der Waals surface area (Å²) >= 11 is 0. The molecule has 2 aromatic rings. The predicted molar refractivity (Wildman–Crippen MR) is 106 cm³/mol. The molecule has 27 heavy (non-hydrogen) atoms. The Hall–Kier alpha value is -2.47. The Bertz CT molecular complexity index is 758. The quantitative estimate of drug-likeness (QED) is 0.833. The van der Waals surface area contributed by atoms with E-state index in [0.29, 0.717) is 5.56 Å². The first-order chi connectivity index (χ1) is 13.2. The lowest BCUT2D eigenvalue weighted by molar-refractivity contribution is 0.0473. The highest BCUT2D eigenvalue weighted by atomic mass is 16.2. The smallest absolute Gasteiger partial charge is 0.255 e. The first kappa shape index (κ1) is 17.9. The molecular formula is C21H27N5O. The van der Waals surface area contributed by atoms with Crippen molar-refractivity contribution in [3.8, 4) is 0 Å². The minimum atomic E-state index is 0.0838. The van der Waals surface area contributed by atoms with Gasteiger partial charge in [0, 0.05) is 57.7 Å². The van der Waals surface area contributed by atoms with Gasteiger partial charge >= 0.3 is 0 Å². The molecule has 0 aliphatic carbocycles. The molecule has 0 radical (unpaired) electrons. The molecule has 0 saturated carbocycles. The molecule has 2 fully saturated rings. The summed E-state index contributed by atoms with van der Waals surface area (Å²) in [6, 6.07) is 10.1. The van der Waals surface area contributed by atoms with Crippen molar-refractivity contribution in [1.82, 2.24) is 19.8 Å². The summed E-state index contributed by atoms with van der Waals surface area (Å²) in [4.78, 5) is 28.5. The standard InChI is InChI=1S/C21H27N5O/c1-17-15-24(16-19-6-2-3-9-22-19)12-13-26(17)21(27)18-7-8-20(23-14-18)25-10-4-5-11-25/h2-3,6-9,14,17H,4-5,10-13,15-16H2,1H3. The fourth-order valence-corrected chi connectivity index (χ4v) is 4.01. The van der Waals surface area contributed by atoms with Crippen LogP contribution in [0, 0.1) is 0 Å². The molecule has 0 bridgehead atoms. The Morgan fingerprint density at radius 3 is 2.59 bits per heavy atom. The number of anilines is 1. The van der Waals surface area contributed by atoms with E-state index in [2.05, 4.69) is 32.8 Å². The zero-order chi connectivity index (χ0) is 18.6. The highest BCUT2D eigenvalue weighted by Crippen LogP contribution is 2.20. The molecule has 2 saturated heterocycles. The molecule has 1 atom stereocenters. The molecule has 142 valence electrons. The van der Waals surface area contributed by atoms with Gasteiger partial charge in [0.15, 0.2) is 0 Å². The first-order valence-corrected chi connectivity index (χ1v) is 9.85. The van der Waals surface area contributed by atoms with Crippen LogP contribution in [-0.2, 0) is 6.54 Å². The van der Waals surface area contributed by atoms with Gasteiger partial charge in [-0.15, -0.1) is 0 Å². The van der Waals surface area contributed by atoms with E-state index < -0.39 is 0 Å². The number of nitrogens with zero attached hydrogens (tertiary/aromatic N) is 5. The van der Waals surface area contributed by atoms with Crippen LogP contribution in [0.1, 0.15) is 35.8 Å². The third-order valence-corrected chi connectivity index (χ3v) is 5.51. The number of pyridine rings is 2. The zero-order valence-corrected chi connectivity index (χ0v) is 15.9. The van der Waals surface area contributed by atoms with Crippen LogP contribution in [0.2, 0.25) is 0 Å². The number of amides is 1. The third kappa shape index (κ3) is 4.11. The summed E-state index contributed by atoms with van der Waals surface area (Å²) in [6.07, 6.45) is 6.02. The maximum absolute atomic E-state index is 12.9. The summed E-state index contributed by atoms with van der Waals surface area (Å²) in [5, 5.41) is 0. The lowest BCUT2D eigenvalue weighted by Crippen LogP contribution is -2.53. The normalized spacial score (nSPS) is 20.9. The molecule has 6 heteroatoms. The molecule has 0 aromatic carbocycles. The molecule has 1 unspecified atom stereocenters. The number of carbonyl (C=O) groups is 1. The lowest BCUT2D eigenvalue weighted by Gasteiger charge is -2.39. The monoisotopic (exact) mass is 365 g/mol. The molecule has 0 N–H and O–H groups in total. The van der Waals surface area contributed by atoms with E-state index in [1.165, 1.54) is 12.8 Å². The minimum absolute atomic E-state index is 0.0838. The zero-order valence-electron chi connectivity index (χ0n) is 15.9. The van der Waals surface area contributed by atoms with E-state index in [1.807, 2.05) is 35.4 Å². The maximum Gasteiger partial charge on any atom is 0.255 e. The van der Waals surface area contributed by atoms with Crippen LogP contribution in [0.25, 0.3) is 0 Å². The van der Waals surface area contributed by atoms with Crippen molar-refractivity contribution >= 4 is 11.7 Å². The van der Waals surface area contributed by atoms with Gasteiger partial charge in [-0.3, -0.25) is 14.7 Å². The SMILES string of the molecule is CC1CN(Cc2ccccn2)CCN1C(=O)c1ccc(N2CCCC2)nc1. The van der Waals surface area contributed by atoms with Crippen LogP contribution >= 0.6 is 0 Å². The number of rotatable bonds is 4. The van der Waals surface area contributed by atoms with Crippen molar-refractivity contribution in [3.05, 3.63) is 54.0 Å². The molecule has 4 rings (SSSR count). The van der Waals surface area contributed by atoms with Crippen LogP contribution in [0.5, 0.6) is 0 Å². The van der Waals surface area contributed by atoms with E-state index in [9.17, 15) is 4.79 Å². The third-order valence-electron chi connectivity index (χ3n) is 5.51. The lowest BCUT2D eigenvalue weighted by atomic mass is 10.1. The minimum Gasteiger partial charge on any atom is -0.357 e. The summed E-state index contributed by atoms with van der Waals surface area (Å²) in [5.41, 5.74) is 1.76. The fourth-order valence-electron chi connectivity index (χ4n) is 4.01. The second kappa shape index (κ2) is 8.05. The molecule has 1 amide bonds. The van der Waals surface area contributed by atoms with Gasteiger partial charge in [-0.2, -0.15) is 0 Å². The number of hydrogen-bond acceptors (Lipinski definition) is 5. The van der Waals surface area contributed by atoms with E-state index in [1.54, 1.807) is 6.20 Å². The Balaban J connectivity index is 1.36. The highest BCUT2D eigenvalue weighted by Gasteiger charge is 2.28. The van der Waals surface area contributed by atoms with Gasteiger partial charge in [-0.1, -0.05) is 6.07 Å². The molecule has 6 nitrogen and oxygen atoms in total. The topological polar surface area (TPSA) is 52.6 Å². The van der Waals surface area contributed by atoms with Crippen LogP contribution in [0.4, 0.5) is 5.82 Å². The van der Waals surface area contributed by atoms with Crippen molar-refractivity contribution in [1.29, 1.82) is 0 Å². The first-order valence-electron chi connectivity index (χ1n) is 9.85. The van der Waals surface area contributed by atoms with E-state index in [4.69, 9.17) is 0 Å². The Morgan fingerprint density at radius 1 is 1.07 bits per heavy atom.